The van der Waals surface area contributed by atoms with Gasteiger partial charge >= 0.3 is 0 Å². The molecule has 3 aromatic rings. The highest BCUT2D eigenvalue weighted by Gasteiger charge is 2.21. The van der Waals surface area contributed by atoms with Crippen LogP contribution in [0.2, 0.25) is 0 Å². The Hall–Kier alpha value is -2.73. The SMILES string of the molecule is Cc1c(C(=O)NCCC2=CCCCC2)sc2ncnc(N(C)c3ccccc3)c12. The van der Waals surface area contributed by atoms with E-state index in [0.717, 1.165) is 38.6 Å². The first-order valence-electron chi connectivity index (χ1n) is 10.1. The molecule has 29 heavy (non-hydrogen) atoms. The Kier molecular flexibility index (Phi) is 5.90. The van der Waals surface area contributed by atoms with E-state index in [1.165, 1.54) is 42.6 Å². The first-order chi connectivity index (χ1) is 14.1. The number of hydrogen-bond acceptors (Lipinski definition) is 5. The van der Waals surface area contributed by atoms with Gasteiger partial charge in [0, 0.05) is 19.3 Å². The molecule has 1 aromatic carbocycles. The van der Waals surface area contributed by atoms with Crippen molar-refractivity contribution in [2.75, 3.05) is 18.5 Å². The monoisotopic (exact) mass is 406 g/mol. The summed E-state index contributed by atoms with van der Waals surface area (Å²) in [5, 5.41) is 4.05. The molecular formula is C23H26N4OS. The summed E-state index contributed by atoms with van der Waals surface area (Å²) in [6.07, 6.45) is 9.75. The van der Waals surface area contributed by atoms with E-state index >= 15 is 0 Å². The molecule has 4 rings (SSSR count). The number of benzene rings is 1. The molecule has 2 aromatic heterocycles. The number of hydrogen-bond donors (Lipinski definition) is 1. The number of carbonyl (C=O) groups is 1. The van der Waals surface area contributed by atoms with Gasteiger partial charge in [0.25, 0.3) is 5.91 Å². The van der Waals surface area contributed by atoms with Crippen LogP contribution < -0.4 is 10.2 Å². The minimum absolute atomic E-state index is 0.0183. The van der Waals surface area contributed by atoms with Crippen LogP contribution in [0.1, 0.15) is 47.3 Å². The molecule has 0 aliphatic heterocycles. The van der Waals surface area contributed by atoms with E-state index in [1.54, 1.807) is 6.33 Å². The molecule has 150 valence electrons. The number of nitrogens with one attached hydrogen (secondary N) is 1. The van der Waals surface area contributed by atoms with Gasteiger partial charge < -0.3 is 10.2 Å². The average molecular weight is 407 g/mol. The number of carbonyl (C=O) groups excluding carboxylic acids is 1. The van der Waals surface area contributed by atoms with E-state index in [0.29, 0.717) is 6.54 Å². The second-order valence-corrected chi connectivity index (χ2v) is 8.44. The maximum Gasteiger partial charge on any atom is 0.261 e. The molecule has 0 fully saturated rings. The summed E-state index contributed by atoms with van der Waals surface area (Å²) in [5.74, 6) is 0.802. The van der Waals surface area contributed by atoms with Gasteiger partial charge in [-0.2, -0.15) is 0 Å². The number of thiophene rings is 1. The number of anilines is 2. The van der Waals surface area contributed by atoms with Crippen LogP contribution in [0.3, 0.4) is 0 Å². The highest BCUT2D eigenvalue weighted by atomic mass is 32.1. The van der Waals surface area contributed by atoms with Crippen molar-refractivity contribution in [3.63, 3.8) is 0 Å². The predicted octanol–water partition coefficient (Wildman–Crippen LogP) is 5.39. The molecule has 0 spiro atoms. The lowest BCUT2D eigenvalue weighted by Gasteiger charge is -2.19. The molecule has 5 nitrogen and oxygen atoms in total. The third-order valence-corrected chi connectivity index (χ3v) is 6.69. The maximum absolute atomic E-state index is 12.8. The minimum Gasteiger partial charge on any atom is -0.351 e. The van der Waals surface area contributed by atoms with E-state index in [1.807, 2.05) is 49.2 Å². The number of aryl methyl sites for hydroxylation is 1. The van der Waals surface area contributed by atoms with Crippen molar-refractivity contribution in [3.8, 4) is 0 Å². The highest BCUT2D eigenvalue weighted by molar-refractivity contribution is 7.20. The molecule has 1 aliphatic carbocycles. The van der Waals surface area contributed by atoms with Gasteiger partial charge in [-0.25, -0.2) is 9.97 Å². The van der Waals surface area contributed by atoms with Crippen molar-refractivity contribution in [2.45, 2.75) is 39.0 Å². The standard InChI is InChI=1S/C23H26N4OS/c1-16-19-21(27(2)18-11-7-4-8-12-18)25-15-26-23(19)29-20(16)22(28)24-14-13-17-9-5-3-6-10-17/h4,7-9,11-12,15H,3,5-6,10,13-14H2,1-2H3,(H,24,28). The fourth-order valence-electron chi connectivity index (χ4n) is 3.85. The number of rotatable bonds is 6. The van der Waals surface area contributed by atoms with Gasteiger partial charge in [-0.3, -0.25) is 4.79 Å². The quantitative estimate of drug-likeness (QED) is 0.558. The van der Waals surface area contributed by atoms with Gasteiger partial charge in [0.05, 0.1) is 10.3 Å². The Morgan fingerprint density at radius 2 is 2.03 bits per heavy atom. The Morgan fingerprint density at radius 3 is 2.79 bits per heavy atom. The summed E-state index contributed by atoms with van der Waals surface area (Å²) in [5.41, 5.74) is 3.46. The first-order valence-corrected chi connectivity index (χ1v) is 11.0. The number of nitrogens with zero attached hydrogens (tertiary/aromatic N) is 3. The number of allylic oxidation sites excluding steroid dienone is 1. The minimum atomic E-state index is -0.0183. The lowest BCUT2D eigenvalue weighted by Crippen LogP contribution is -2.24. The fourth-order valence-corrected chi connectivity index (χ4v) is 4.91. The van der Waals surface area contributed by atoms with Crippen LogP contribution in [0.15, 0.2) is 48.3 Å². The Balaban J connectivity index is 1.56. The second-order valence-electron chi connectivity index (χ2n) is 7.44. The van der Waals surface area contributed by atoms with E-state index in [2.05, 4.69) is 21.4 Å². The van der Waals surface area contributed by atoms with Crippen molar-refractivity contribution >= 4 is 39.0 Å². The number of para-hydroxylation sites is 1. The summed E-state index contributed by atoms with van der Waals surface area (Å²) in [4.78, 5) is 25.4. The van der Waals surface area contributed by atoms with E-state index in [4.69, 9.17) is 0 Å². The zero-order chi connectivity index (χ0) is 20.2. The Bertz CT molecular complexity index is 1040. The zero-order valence-electron chi connectivity index (χ0n) is 16.9. The Labute approximate surface area is 175 Å². The van der Waals surface area contributed by atoms with Crippen LogP contribution >= 0.6 is 11.3 Å². The zero-order valence-corrected chi connectivity index (χ0v) is 17.8. The predicted molar refractivity (Wildman–Crippen MR) is 120 cm³/mol. The maximum atomic E-state index is 12.8. The molecule has 0 radical (unpaired) electrons. The molecule has 0 bridgehead atoms. The molecule has 1 amide bonds. The third kappa shape index (κ3) is 4.17. The number of fused-ring (bicyclic) bond motifs is 1. The molecule has 0 saturated heterocycles. The van der Waals surface area contributed by atoms with E-state index < -0.39 is 0 Å². The summed E-state index contributed by atoms with van der Waals surface area (Å²) in [6.45, 7) is 2.67. The summed E-state index contributed by atoms with van der Waals surface area (Å²) in [6, 6.07) is 10.1. The van der Waals surface area contributed by atoms with Crippen LogP contribution in [-0.4, -0.2) is 29.5 Å². The molecule has 0 unspecified atom stereocenters. The van der Waals surface area contributed by atoms with Gasteiger partial charge in [0.2, 0.25) is 0 Å². The average Bonchev–Trinajstić information content (AvgIpc) is 3.11. The van der Waals surface area contributed by atoms with Crippen LogP contribution in [0, 0.1) is 6.92 Å². The van der Waals surface area contributed by atoms with Gasteiger partial charge in [0.1, 0.15) is 17.0 Å². The van der Waals surface area contributed by atoms with Crippen LogP contribution in [0.25, 0.3) is 10.2 Å². The second kappa shape index (κ2) is 8.74. The van der Waals surface area contributed by atoms with Crippen molar-refractivity contribution in [3.05, 3.63) is 58.7 Å². The van der Waals surface area contributed by atoms with Gasteiger partial charge in [-0.05, 0) is 56.7 Å². The van der Waals surface area contributed by atoms with Crippen molar-refractivity contribution in [2.24, 2.45) is 0 Å². The Morgan fingerprint density at radius 1 is 1.21 bits per heavy atom. The molecule has 6 heteroatoms. The van der Waals surface area contributed by atoms with Crippen molar-refractivity contribution in [1.82, 2.24) is 15.3 Å². The van der Waals surface area contributed by atoms with Gasteiger partial charge in [-0.1, -0.05) is 29.8 Å². The van der Waals surface area contributed by atoms with Crippen molar-refractivity contribution in [1.29, 1.82) is 0 Å². The first kappa shape index (κ1) is 19.6. The molecule has 1 N–H and O–H groups in total. The lowest BCUT2D eigenvalue weighted by molar-refractivity contribution is 0.0957. The number of aromatic nitrogens is 2. The normalized spacial score (nSPS) is 13.9. The lowest BCUT2D eigenvalue weighted by atomic mass is 9.97. The highest BCUT2D eigenvalue weighted by Crippen LogP contribution is 2.36. The van der Waals surface area contributed by atoms with Gasteiger partial charge in [-0.15, -0.1) is 11.3 Å². The molecule has 0 atom stereocenters. The van der Waals surface area contributed by atoms with Crippen LogP contribution in [-0.2, 0) is 0 Å². The smallest absolute Gasteiger partial charge is 0.261 e. The van der Waals surface area contributed by atoms with Crippen molar-refractivity contribution < 1.29 is 4.79 Å². The third-order valence-electron chi connectivity index (χ3n) is 5.49. The van der Waals surface area contributed by atoms with E-state index in [9.17, 15) is 4.79 Å². The summed E-state index contributed by atoms with van der Waals surface area (Å²) in [7, 11) is 1.99. The molecule has 2 heterocycles. The fraction of sp³-hybridized carbons (Fsp3) is 0.348. The van der Waals surface area contributed by atoms with Gasteiger partial charge in [0.15, 0.2) is 0 Å². The van der Waals surface area contributed by atoms with E-state index in [-0.39, 0.29) is 5.91 Å². The molecule has 0 saturated carbocycles. The number of amides is 1. The molecule has 1 aliphatic rings. The summed E-state index contributed by atoms with van der Waals surface area (Å²) >= 11 is 1.44. The summed E-state index contributed by atoms with van der Waals surface area (Å²) < 4.78 is 0. The van der Waals surface area contributed by atoms with Crippen LogP contribution in [0.5, 0.6) is 0 Å². The van der Waals surface area contributed by atoms with Crippen LogP contribution in [0.4, 0.5) is 11.5 Å². The largest absolute Gasteiger partial charge is 0.351 e. The molecular weight excluding hydrogens is 380 g/mol. The topological polar surface area (TPSA) is 58.1 Å².